The fourth-order valence-electron chi connectivity index (χ4n) is 3.23. The number of urea groups is 1. The molecule has 2 N–H and O–H groups in total. The molecule has 2 aromatic rings. The van der Waals surface area contributed by atoms with Crippen LogP contribution in [0.5, 0.6) is 0 Å². The van der Waals surface area contributed by atoms with Crippen LogP contribution in [0.3, 0.4) is 0 Å². The molecule has 0 spiro atoms. The van der Waals surface area contributed by atoms with Crippen LogP contribution >= 0.6 is 22.6 Å². The lowest BCUT2D eigenvalue weighted by molar-refractivity contribution is -0.134. The molecule has 0 bridgehead atoms. The minimum atomic E-state index is -1.13. The predicted molar refractivity (Wildman–Crippen MR) is 111 cm³/mol. The zero-order valence-corrected chi connectivity index (χ0v) is 17.2. The summed E-state index contributed by atoms with van der Waals surface area (Å²) in [5, 5.41) is 5.55. The molecule has 1 heterocycles. The summed E-state index contributed by atoms with van der Waals surface area (Å²) in [7, 11) is 0. The van der Waals surface area contributed by atoms with Gasteiger partial charge in [-0.25, -0.2) is 4.79 Å². The van der Waals surface area contributed by atoms with Crippen LogP contribution < -0.4 is 10.6 Å². The van der Waals surface area contributed by atoms with Gasteiger partial charge in [-0.2, -0.15) is 0 Å². The number of benzene rings is 2. The van der Waals surface area contributed by atoms with E-state index in [0.717, 1.165) is 14.0 Å². The van der Waals surface area contributed by atoms with E-state index in [-0.39, 0.29) is 6.54 Å². The Bertz CT molecular complexity index is 901. The second-order valence-corrected chi connectivity index (χ2v) is 7.70. The van der Waals surface area contributed by atoms with Crippen molar-refractivity contribution in [3.8, 4) is 0 Å². The molecule has 6 nitrogen and oxygen atoms in total. The summed E-state index contributed by atoms with van der Waals surface area (Å²) < 4.78 is 1.06. The number of hydrogen-bond donors (Lipinski definition) is 2. The Kier molecular flexibility index (Phi) is 5.50. The number of rotatable bonds is 5. The average Bonchev–Trinajstić information content (AvgIpc) is 2.90. The van der Waals surface area contributed by atoms with Gasteiger partial charge in [-0.1, -0.05) is 37.3 Å². The van der Waals surface area contributed by atoms with Crippen molar-refractivity contribution in [1.29, 1.82) is 0 Å². The van der Waals surface area contributed by atoms with Crippen LogP contribution in [-0.4, -0.2) is 29.3 Å². The van der Waals surface area contributed by atoms with Gasteiger partial charge in [0.1, 0.15) is 12.1 Å². The van der Waals surface area contributed by atoms with E-state index in [0.29, 0.717) is 17.7 Å². The quantitative estimate of drug-likeness (QED) is 0.512. The first-order valence-electron chi connectivity index (χ1n) is 8.63. The first-order valence-corrected chi connectivity index (χ1v) is 9.71. The number of hydrogen-bond acceptors (Lipinski definition) is 3. The van der Waals surface area contributed by atoms with Gasteiger partial charge in [0.25, 0.3) is 5.91 Å². The maximum atomic E-state index is 13.0. The molecule has 1 aliphatic heterocycles. The highest BCUT2D eigenvalue weighted by Gasteiger charge is 2.51. The summed E-state index contributed by atoms with van der Waals surface area (Å²) in [4.78, 5) is 38.9. The lowest BCUT2D eigenvalue weighted by Gasteiger charge is -2.25. The second kappa shape index (κ2) is 7.67. The van der Waals surface area contributed by atoms with Gasteiger partial charge in [-0.05, 0) is 65.3 Å². The van der Waals surface area contributed by atoms with Crippen molar-refractivity contribution in [3.05, 3.63) is 63.2 Å². The Morgan fingerprint density at radius 2 is 1.89 bits per heavy atom. The third-order valence-electron chi connectivity index (χ3n) is 4.74. The minimum absolute atomic E-state index is 0.329. The third-order valence-corrected chi connectivity index (χ3v) is 5.41. The molecule has 1 aliphatic rings. The summed E-state index contributed by atoms with van der Waals surface area (Å²) >= 11 is 2.20. The summed E-state index contributed by atoms with van der Waals surface area (Å²) in [5.74, 6) is -0.821. The van der Waals surface area contributed by atoms with Crippen LogP contribution in [-0.2, 0) is 15.1 Å². The SMILES string of the molecule is CCC1(c2ccccc2)NC(=O)N(CC(=O)Nc2ccc(I)cc2C)C1=O. The van der Waals surface area contributed by atoms with E-state index in [1.54, 1.807) is 18.2 Å². The van der Waals surface area contributed by atoms with Gasteiger partial charge in [-0.15, -0.1) is 0 Å². The van der Waals surface area contributed by atoms with Crippen LogP contribution in [0.25, 0.3) is 0 Å². The second-order valence-electron chi connectivity index (χ2n) is 6.45. The molecule has 2 aromatic carbocycles. The molecule has 0 aliphatic carbocycles. The standard InChI is InChI=1S/C20H20IN3O3/c1-3-20(14-7-5-4-6-8-14)18(26)24(19(27)23-20)12-17(25)22-16-10-9-15(21)11-13(16)2/h4-11H,3,12H2,1-2H3,(H,22,25)(H,23,27). The number of halogens is 1. The molecule has 3 rings (SSSR count). The van der Waals surface area contributed by atoms with Crippen molar-refractivity contribution in [2.24, 2.45) is 0 Å². The molecular formula is C20H20IN3O3. The van der Waals surface area contributed by atoms with E-state index in [1.165, 1.54) is 0 Å². The highest BCUT2D eigenvalue weighted by Crippen LogP contribution is 2.32. The maximum Gasteiger partial charge on any atom is 0.325 e. The van der Waals surface area contributed by atoms with Crippen LogP contribution in [0, 0.1) is 10.5 Å². The Balaban J connectivity index is 1.78. The van der Waals surface area contributed by atoms with E-state index in [4.69, 9.17) is 0 Å². The number of imide groups is 1. The molecule has 1 unspecified atom stereocenters. The normalized spacial score (nSPS) is 19.1. The first-order chi connectivity index (χ1) is 12.9. The molecular weight excluding hydrogens is 457 g/mol. The van der Waals surface area contributed by atoms with Crippen molar-refractivity contribution in [1.82, 2.24) is 10.2 Å². The van der Waals surface area contributed by atoms with Crippen LogP contribution in [0.15, 0.2) is 48.5 Å². The zero-order chi connectivity index (χ0) is 19.6. The van der Waals surface area contributed by atoms with Gasteiger partial charge in [0.2, 0.25) is 5.91 Å². The highest BCUT2D eigenvalue weighted by atomic mass is 127. The summed E-state index contributed by atoms with van der Waals surface area (Å²) in [5.41, 5.74) is 1.16. The van der Waals surface area contributed by atoms with Crippen molar-refractivity contribution in [3.63, 3.8) is 0 Å². The van der Waals surface area contributed by atoms with E-state index in [9.17, 15) is 14.4 Å². The number of aryl methyl sites for hydroxylation is 1. The molecule has 140 valence electrons. The van der Waals surface area contributed by atoms with Gasteiger partial charge in [0.15, 0.2) is 0 Å². The van der Waals surface area contributed by atoms with E-state index < -0.39 is 23.4 Å². The molecule has 7 heteroatoms. The number of carbonyl (C=O) groups excluding carboxylic acids is 3. The first kappa shape index (κ1) is 19.3. The Morgan fingerprint density at radius 1 is 1.19 bits per heavy atom. The van der Waals surface area contributed by atoms with Gasteiger partial charge in [-0.3, -0.25) is 14.5 Å². The fourth-order valence-corrected chi connectivity index (χ4v) is 3.88. The number of nitrogens with zero attached hydrogens (tertiary/aromatic N) is 1. The summed E-state index contributed by atoms with van der Waals surface area (Å²) in [6.07, 6.45) is 0.399. The van der Waals surface area contributed by atoms with Gasteiger partial charge in [0, 0.05) is 9.26 Å². The topological polar surface area (TPSA) is 78.5 Å². The molecule has 27 heavy (non-hydrogen) atoms. The van der Waals surface area contributed by atoms with Crippen LogP contribution in [0.1, 0.15) is 24.5 Å². The number of amides is 4. The average molecular weight is 477 g/mol. The maximum absolute atomic E-state index is 13.0. The molecule has 0 aromatic heterocycles. The lowest BCUT2D eigenvalue weighted by Crippen LogP contribution is -2.44. The van der Waals surface area contributed by atoms with Crippen molar-refractivity contribution < 1.29 is 14.4 Å². The number of anilines is 1. The molecule has 1 fully saturated rings. The Morgan fingerprint density at radius 3 is 2.52 bits per heavy atom. The smallest absolute Gasteiger partial charge is 0.324 e. The van der Waals surface area contributed by atoms with Crippen LogP contribution in [0.2, 0.25) is 0 Å². The van der Waals surface area contributed by atoms with E-state index in [2.05, 4.69) is 33.2 Å². The minimum Gasteiger partial charge on any atom is -0.324 e. The van der Waals surface area contributed by atoms with Crippen molar-refractivity contribution in [2.45, 2.75) is 25.8 Å². The predicted octanol–water partition coefficient (Wildman–Crippen LogP) is 3.40. The summed E-state index contributed by atoms with van der Waals surface area (Å²) in [6.45, 7) is 3.40. The van der Waals surface area contributed by atoms with Gasteiger partial charge < -0.3 is 10.6 Å². The highest BCUT2D eigenvalue weighted by molar-refractivity contribution is 14.1. The monoisotopic (exact) mass is 477 g/mol. The van der Waals surface area contributed by atoms with Crippen molar-refractivity contribution in [2.75, 3.05) is 11.9 Å². The lowest BCUT2D eigenvalue weighted by atomic mass is 9.87. The van der Waals surface area contributed by atoms with Gasteiger partial charge >= 0.3 is 6.03 Å². The Labute approximate surface area is 171 Å². The zero-order valence-electron chi connectivity index (χ0n) is 15.1. The summed E-state index contributed by atoms with van der Waals surface area (Å²) in [6, 6.07) is 14.2. The molecule has 4 amide bonds. The molecule has 0 radical (unpaired) electrons. The largest absolute Gasteiger partial charge is 0.325 e. The Hall–Kier alpha value is -2.42. The number of carbonyl (C=O) groups is 3. The van der Waals surface area contributed by atoms with E-state index >= 15 is 0 Å². The van der Waals surface area contributed by atoms with E-state index in [1.807, 2.05) is 44.2 Å². The molecule has 0 saturated carbocycles. The van der Waals surface area contributed by atoms with Gasteiger partial charge in [0.05, 0.1) is 0 Å². The fraction of sp³-hybridized carbons (Fsp3) is 0.250. The number of nitrogens with one attached hydrogen (secondary N) is 2. The van der Waals surface area contributed by atoms with Crippen molar-refractivity contribution >= 4 is 46.1 Å². The van der Waals surface area contributed by atoms with Crippen LogP contribution in [0.4, 0.5) is 10.5 Å². The molecule has 1 atom stereocenters. The third kappa shape index (κ3) is 3.69. The molecule has 1 saturated heterocycles.